The van der Waals surface area contributed by atoms with Crippen LogP contribution in [0.5, 0.6) is 11.5 Å². The van der Waals surface area contributed by atoms with E-state index in [0.29, 0.717) is 0 Å². The van der Waals surface area contributed by atoms with Gasteiger partial charge in [-0.25, -0.2) is 0 Å². The van der Waals surface area contributed by atoms with E-state index in [1.807, 2.05) is 0 Å². The van der Waals surface area contributed by atoms with Crippen molar-refractivity contribution in [2.75, 3.05) is 0 Å². The Kier molecular flexibility index (Phi) is 35.4. The van der Waals surface area contributed by atoms with Crippen LogP contribution in [0.3, 0.4) is 0 Å². The first-order valence-corrected chi connectivity index (χ1v) is 1.82. The van der Waals surface area contributed by atoms with Gasteiger partial charge in [0.1, 0.15) is 0 Å². The molecule has 90 valence electrons. The molecular formula is C4H6Cl2N2O4Pt2. The van der Waals surface area contributed by atoms with Crippen LogP contribution in [0.1, 0.15) is 0 Å². The third-order valence-electron chi connectivity index (χ3n) is 0.825. The van der Waals surface area contributed by atoms with E-state index in [9.17, 15) is 19.8 Å². The monoisotopic (exact) mass is 606 g/mol. The molecule has 1 aromatic carbocycles. The number of hydrogen-bond acceptors (Lipinski definition) is 6. The molecular weight excluding hydrogens is 601 g/mol. The van der Waals surface area contributed by atoms with Crippen molar-refractivity contribution >= 4 is 0 Å². The molecule has 0 unspecified atom stereocenters. The molecule has 0 aliphatic carbocycles. The van der Waals surface area contributed by atoms with Crippen LogP contribution in [0.25, 0.3) is 0 Å². The van der Waals surface area contributed by atoms with E-state index in [0.717, 1.165) is 0 Å². The molecule has 0 saturated heterocycles. The van der Waals surface area contributed by atoms with Gasteiger partial charge in [0, 0.05) is 0 Å². The van der Waals surface area contributed by atoms with Gasteiger partial charge in [-0.2, -0.15) is 0 Å². The average Bonchev–Trinajstić information content (AvgIpc) is 1.83. The van der Waals surface area contributed by atoms with E-state index in [1.165, 1.54) is 0 Å². The molecule has 14 heavy (non-hydrogen) atoms. The predicted octanol–water partition coefficient (Wildman–Crippen LogP) is -8.24. The summed E-state index contributed by atoms with van der Waals surface area (Å²) in [6, 6.07) is 0. The second kappa shape index (κ2) is 13.6. The van der Waals surface area contributed by atoms with E-state index in [-0.39, 0.29) is 79.2 Å². The number of rotatable bonds is 0. The SMILES string of the molecule is N.N.O=c1c([O-])c([O-])c1=O.[Cl-].[Cl-].[Pt+2].[Pt+2]. The molecule has 10 heteroatoms. The molecule has 0 aliphatic rings. The molecule has 1 aromatic rings. The standard InChI is InChI=1S/C4H2O4.2ClH.2H3N.2Pt/c5-1-2(6)4(8)3(1)7;;;;;;/h5-6H;2*1H;2*1H3;;/q;;;;;2*+2/p-4. The maximum atomic E-state index is 9.85. The Morgan fingerprint density at radius 3 is 0.929 bits per heavy atom. The summed E-state index contributed by atoms with van der Waals surface area (Å²) in [4.78, 5) is 19.7. The summed E-state index contributed by atoms with van der Waals surface area (Å²) in [5.41, 5.74) is -2.37. The minimum Gasteiger partial charge on any atom is -1.00 e. The summed E-state index contributed by atoms with van der Waals surface area (Å²) in [6.45, 7) is 0. The van der Waals surface area contributed by atoms with Crippen molar-refractivity contribution in [2.45, 2.75) is 0 Å². The fourth-order valence-electron chi connectivity index (χ4n) is 0.350. The van der Waals surface area contributed by atoms with Crippen molar-refractivity contribution < 1.29 is 77.2 Å². The van der Waals surface area contributed by atoms with Crippen LogP contribution in [0.2, 0.25) is 0 Å². The molecule has 6 nitrogen and oxygen atoms in total. The van der Waals surface area contributed by atoms with E-state index in [2.05, 4.69) is 0 Å². The predicted molar refractivity (Wildman–Crippen MR) is 30.3 cm³/mol. The summed E-state index contributed by atoms with van der Waals surface area (Å²) in [5.74, 6) is -2.37. The van der Waals surface area contributed by atoms with Gasteiger partial charge in [-0.15, -0.1) is 0 Å². The van der Waals surface area contributed by atoms with Gasteiger partial charge in [-0.05, 0) is 0 Å². The fourth-order valence-corrected chi connectivity index (χ4v) is 0.350. The second-order valence-corrected chi connectivity index (χ2v) is 1.32. The topological polar surface area (TPSA) is 150 Å². The second-order valence-electron chi connectivity index (χ2n) is 1.32. The normalized spacial score (nSPS) is 5.71. The zero-order valence-electron chi connectivity index (χ0n) is 6.44. The van der Waals surface area contributed by atoms with Crippen molar-refractivity contribution in [3.8, 4) is 11.5 Å². The molecule has 0 aromatic heterocycles. The van der Waals surface area contributed by atoms with Crippen molar-refractivity contribution in [1.82, 2.24) is 12.3 Å². The molecule has 0 amide bonds. The summed E-state index contributed by atoms with van der Waals surface area (Å²) >= 11 is 0. The van der Waals surface area contributed by atoms with E-state index >= 15 is 0 Å². The molecule has 0 fully saturated rings. The van der Waals surface area contributed by atoms with Crippen LogP contribution < -0.4 is 58.2 Å². The quantitative estimate of drug-likeness (QED) is 0.280. The first kappa shape index (κ1) is 36.5. The van der Waals surface area contributed by atoms with Gasteiger partial charge >= 0.3 is 42.1 Å². The van der Waals surface area contributed by atoms with Gasteiger partial charge < -0.3 is 47.3 Å². The largest absolute Gasteiger partial charge is 2.00 e. The van der Waals surface area contributed by atoms with Crippen LogP contribution in [0.15, 0.2) is 9.59 Å². The summed E-state index contributed by atoms with van der Waals surface area (Å²) in [7, 11) is 0. The Hall–Kier alpha value is 0.557. The molecule has 0 radical (unpaired) electrons. The van der Waals surface area contributed by atoms with Crippen LogP contribution in [0.4, 0.5) is 0 Å². The Labute approximate surface area is 121 Å². The van der Waals surface area contributed by atoms with Crippen LogP contribution in [-0.2, 0) is 42.1 Å². The molecule has 0 atom stereocenters. The van der Waals surface area contributed by atoms with Gasteiger partial charge in [0.25, 0.3) is 0 Å². The summed E-state index contributed by atoms with van der Waals surface area (Å²) in [5, 5.41) is 19.7. The van der Waals surface area contributed by atoms with Gasteiger partial charge in [0.2, 0.25) is 10.9 Å². The zero-order chi connectivity index (χ0) is 6.31. The van der Waals surface area contributed by atoms with Crippen LogP contribution in [0, 0.1) is 0 Å². The van der Waals surface area contributed by atoms with Crippen molar-refractivity contribution in [3.05, 3.63) is 20.4 Å². The molecule has 6 N–H and O–H groups in total. The molecule has 0 aliphatic heterocycles. The van der Waals surface area contributed by atoms with Crippen LogP contribution >= 0.6 is 0 Å². The smallest absolute Gasteiger partial charge is 1.00 e. The Morgan fingerprint density at radius 1 is 0.714 bits per heavy atom. The first-order chi connectivity index (χ1) is 3.64. The minimum atomic E-state index is -1.19. The summed E-state index contributed by atoms with van der Waals surface area (Å²) in [6.07, 6.45) is 0. The third-order valence-corrected chi connectivity index (χ3v) is 0.825. The number of hydrogen-bond donors (Lipinski definition) is 2. The minimum absolute atomic E-state index is 0. The maximum Gasteiger partial charge on any atom is 2.00 e. The zero-order valence-corrected chi connectivity index (χ0v) is 12.5. The van der Waals surface area contributed by atoms with Crippen molar-refractivity contribution in [2.24, 2.45) is 0 Å². The maximum absolute atomic E-state index is 9.85. The van der Waals surface area contributed by atoms with Gasteiger partial charge in [0.15, 0.2) is 0 Å². The first-order valence-electron chi connectivity index (χ1n) is 1.82. The Balaban J connectivity index is -0.0000000267. The summed E-state index contributed by atoms with van der Waals surface area (Å²) < 4.78 is 0. The Morgan fingerprint density at radius 2 is 0.857 bits per heavy atom. The van der Waals surface area contributed by atoms with Crippen molar-refractivity contribution in [1.29, 1.82) is 0 Å². The van der Waals surface area contributed by atoms with E-state index in [4.69, 9.17) is 0 Å². The van der Waals surface area contributed by atoms with Gasteiger partial charge in [-0.3, -0.25) is 9.59 Å². The molecule has 0 heterocycles. The third kappa shape index (κ3) is 6.12. The van der Waals surface area contributed by atoms with E-state index < -0.39 is 22.4 Å². The van der Waals surface area contributed by atoms with Crippen molar-refractivity contribution in [3.63, 3.8) is 0 Å². The van der Waals surface area contributed by atoms with E-state index in [1.54, 1.807) is 0 Å². The molecule has 1 rings (SSSR count). The van der Waals surface area contributed by atoms with Crippen LogP contribution in [-0.4, -0.2) is 0 Å². The van der Waals surface area contributed by atoms with Gasteiger partial charge in [-0.1, -0.05) is 11.5 Å². The average molecular weight is 607 g/mol. The fraction of sp³-hybridized carbons (Fsp3) is 0. The molecule has 0 spiro atoms. The number of halogens is 2. The Bertz CT molecular complexity index is 271. The van der Waals surface area contributed by atoms with Gasteiger partial charge in [0.05, 0.1) is 0 Å². The molecule has 0 saturated carbocycles. The molecule has 0 bridgehead atoms.